The van der Waals surface area contributed by atoms with Crippen LogP contribution in [-0.2, 0) is 49.6 Å². The number of carbonyl (C=O) groups is 11. The molecule has 2 heterocycles. The average molecular weight is 1110 g/mol. The number of aliphatic hydroxyl groups is 1. The molecule has 2 aromatic carbocycles. The van der Waals surface area contributed by atoms with E-state index in [1.54, 1.807) is 0 Å². The number of aromatic carboxylic acids is 1. The predicted molar refractivity (Wildman–Crippen MR) is 281 cm³/mol. The smallest absolute Gasteiger partial charge is 0.336 e. The standard InChI is InChI=1S/C52H61N11O17/c1-24(45(71)58-26(3)47(73)61-37(14-15-42(68)69)50(76)62-38(18-29-21-54-23-56-29)51(77)63-39(22-64)44(53)70)57-46(72)25(2)59-49(75)36(60-27(4)65)7-5-6-16-55-48(74)28-8-11-32(52(78)79)35(17-28)43-33-12-9-30(66)19-40(33)80-41-20-31(67)10-13-34(41)43/h8-13,17,19-21,23-26,36-39,64,66H,5-7,14-16,18,22H2,1-4H3,(H2,53,70)(H,54,56)(H,55,74)(H,57,72)(H,58,71)(H,59,75)(H,60,65)(H,61,73)(H,62,76)(H,63,77)(H,68,69)(H,78,79)/t24-,25-,26-,36-,37-,38-,39-/m1/s1. The fourth-order valence-electron chi connectivity index (χ4n) is 8.12. The number of benzene rings is 3. The van der Waals surface area contributed by atoms with E-state index >= 15 is 0 Å². The van der Waals surface area contributed by atoms with Gasteiger partial charge in [0.25, 0.3) is 5.91 Å². The average Bonchev–Trinajstić information content (AvgIpc) is 4.03. The number of imidazole rings is 1. The number of carboxylic acids is 2. The largest absolute Gasteiger partial charge is 0.508 e. The van der Waals surface area contributed by atoms with Crippen LogP contribution in [0.25, 0.3) is 33.4 Å². The predicted octanol–water partition coefficient (Wildman–Crippen LogP) is -1.35. The number of aromatic amines is 1. The fraction of sp³-hybridized carbons (Fsp3) is 0.365. The van der Waals surface area contributed by atoms with Gasteiger partial charge in [-0.3, -0.25) is 52.7 Å². The lowest BCUT2D eigenvalue weighted by Gasteiger charge is -2.25. The van der Waals surface area contributed by atoms with Crippen molar-refractivity contribution in [1.82, 2.24) is 52.5 Å². The summed E-state index contributed by atoms with van der Waals surface area (Å²) in [5, 5.41) is 59.0. The maximum Gasteiger partial charge on any atom is 0.336 e. The van der Waals surface area contributed by atoms with E-state index in [4.69, 9.17) is 10.2 Å². The maximum absolute atomic E-state index is 13.5. The quantitative estimate of drug-likeness (QED) is 0.0203. The van der Waals surface area contributed by atoms with Crippen LogP contribution in [0, 0.1) is 0 Å². The van der Waals surface area contributed by atoms with E-state index in [1.807, 2.05) is 0 Å². The minimum absolute atomic E-state index is 0.0492. The first-order valence-electron chi connectivity index (χ1n) is 24.9. The van der Waals surface area contributed by atoms with Crippen LogP contribution in [0.15, 0.2) is 76.3 Å². The van der Waals surface area contributed by atoms with Gasteiger partial charge in [-0.05, 0) is 94.5 Å². The molecule has 2 aliphatic rings. The molecular formula is C52H61N11O17. The number of amides is 9. The van der Waals surface area contributed by atoms with Gasteiger partial charge in [0.15, 0.2) is 5.43 Å². The van der Waals surface area contributed by atoms with Gasteiger partial charge >= 0.3 is 11.9 Å². The molecule has 28 nitrogen and oxygen atoms in total. The molecule has 0 saturated heterocycles. The first-order valence-corrected chi connectivity index (χ1v) is 24.9. The van der Waals surface area contributed by atoms with Crippen molar-refractivity contribution in [3.63, 3.8) is 0 Å². The second kappa shape index (κ2) is 28.1. The van der Waals surface area contributed by atoms with Gasteiger partial charge in [-0.2, -0.15) is 0 Å². The number of aliphatic carboxylic acids is 1. The summed E-state index contributed by atoms with van der Waals surface area (Å²) in [6.07, 6.45) is 1.89. The Balaban J connectivity index is 1.14. The molecule has 1 aromatic heterocycles. The molecule has 0 bridgehead atoms. The summed E-state index contributed by atoms with van der Waals surface area (Å²) in [4.78, 5) is 160. The fourth-order valence-corrected chi connectivity index (χ4v) is 8.12. The highest BCUT2D eigenvalue weighted by Crippen LogP contribution is 2.42. The Hall–Kier alpha value is -9.73. The van der Waals surface area contributed by atoms with Crippen LogP contribution in [0.4, 0.5) is 0 Å². The van der Waals surface area contributed by atoms with Crippen molar-refractivity contribution >= 4 is 76.1 Å². The van der Waals surface area contributed by atoms with Crippen molar-refractivity contribution in [3.05, 3.63) is 94.2 Å². The van der Waals surface area contributed by atoms with Crippen LogP contribution >= 0.6 is 0 Å². The molecule has 1 aliphatic heterocycles. The number of unbranched alkanes of at least 4 members (excludes halogenated alkanes) is 1. The third-order valence-electron chi connectivity index (χ3n) is 12.3. The Morgan fingerprint density at radius 2 is 1.27 bits per heavy atom. The van der Waals surface area contributed by atoms with Gasteiger partial charge in [0.2, 0.25) is 47.3 Å². The van der Waals surface area contributed by atoms with Crippen molar-refractivity contribution in [1.29, 1.82) is 0 Å². The lowest BCUT2D eigenvalue weighted by molar-refractivity contribution is -0.138. The molecule has 0 radical (unpaired) electrons. The number of aliphatic hydroxyl groups excluding tert-OH is 1. The number of hydrogen-bond donors (Lipinski definition) is 14. The minimum Gasteiger partial charge on any atom is -0.508 e. The number of phenolic OH excluding ortho intramolecular Hbond substituents is 1. The van der Waals surface area contributed by atoms with E-state index < -0.39 is 127 Å². The first kappa shape index (κ1) is 61.1. The number of carbonyl (C=O) groups excluding carboxylic acids is 9. The Morgan fingerprint density at radius 3 is 1.88 bits per heavy atom. The monoisotopic (exact) mass is 1110 g/mol. The summed E-state index contributed by atoms with van der Waals surface area (Å²) in [5.74, 6) is -10.4. The highest BCUT2D eigenvalue weighted by molar-refractivity contribution is 6.09. The molecule has 7 atom stereocenters. The number of aromatic nitrogens is 2. The molecule has 0 fully saturated rings. The number of hydrogen-bond acceptors (Lipinski definition) is 16. The van der Waals surface area contributed by atoms with E-state index in [0.717, 1.165) is 0 Å². The number of nitrogens with two attached hydrogens (primary N) is 1. The first-order chi connectivity index (χ1) is 37.9. The second-order valence-electron chi connectivity index (χ2n) is 18.6. The van der Waals surface area contributed by atoms with Gasteiger partial charge in [0.05, 0.1) is 18.5 Å². The van der Waals surface area contributed by atoms with Crippen molar-refractivity contribution in [2.75, 3.05) is 13.2 Å². The number of primary amides is 1. The Morgan fingerprint density at radius 1 is 0.675 bits per heavy atom. The third-order valence-corrected chi connectivity index (χ3v) is 12.3. The van der Waals surface area contributed by atoms with E-state index in [9.17, 15) is 78.0 Å². The van der Waals surface area contributed by atoms with Crippen LogP contribution in [0.2, 0.25) is 0 Å². The Bertz CT molecular complexity index is 3180. The highest BCUT2D eigenvalue weighted by Gasteiger charge is 2.32. The summed E-state index contributed by atoms with van der Waals surface area (Å²) in [7, 11) is 0. The van der Waals surface area contributed by atoms with Gasteiger partial charge in [-0.15, -0.1) is 0 Å². The number of carboxylic acid groups (broad SMARTS) is 2. The second-order valence-corrected chi connectivity index (χ2v) is 18.6. The lowest BCUT2D eigenvalue weighted by atomic mass is 9.89. The number of rotatable bonds is 28. The molecule has 9 amide bonds. The summed E-state index contributed by atoms with van der Waals surface area (Å²) in [6.45, 7) is 4.19. The van der Waals surface area contributed by atoms with E-state index in [-0.39, 0.29) is 65.0 Å². The normalized spacial score (nSPS) is 13.7. The Kier molecular flexibility index (Phi) is 21.4. The molecule has 15 N–H and O–H groups in total. The van der Waals surface area contributed by atoms with Crippen molar-refractivity contribution in [2.24, 2.45) is 5.73 Å². The van der Waals surface area contributed by atoms with Crippen LogP contribution < -0.4 is 53.7 Å². The minimum atomic E-state index is -1.59. The highest BCUT2D eigenvalue weighted by atomic mass is 16.4. The van der Waals surface area contributed by atoms with Gasteiger partial charge in [-0.1, -0.05) is 0 Å². The van der Waals surface area contributed by atoms with Gasteiger partial charge in [-0.25, -0.2) is 9.78 Å². The zero-order chi connectivity index (χ0) is 59.0. The Labute approximate surface area is 454 Å². The SMILES string of the molecule is CC(=O)N[C@H](CCCCNC(=O)c1ccc(C(=O)O)c(-c2c3ccc(=O)cc-3oc3cc(O)ccc23)c1)C(=O)N[C@H](C)C(=O)N[C@H](C)C(=O)N[C@H](C)C(=O)N[C@H](CCC(=O)O)C(=O)N[C@H](Cc1cnc[nH]1)C(=O)N[C@H](CO)C(N)=O. The zero-order valence-electron chi connectivity index (χ0n) is 43.7. The molecule has 3 aromatic rings. The summed E-state index contributed by atoms with van der Waals surface area (Å²) < 4.78 is 5.88. The number of phenols is 1. The van der Waals surface area contributed by atoms with Crippen molar-refractivity contribution < 1.29 is 77.6 Å². The maximum atomic E-state index is 13.5. The van der Waals surface area contributed by atoms with Crippen LogP contribution in [-0.4, -0.2) is 151 Å². The molecule has 28 heteroatoms. The molecule has 1 aliphatic carbocycles. The number of nitrogens with one attached hydrogen (secondary N) is 9. The zero-order valence-corrected chi connectivity index (χ0v) is 43.7. The number of nitrogens with zero attached hydrogens (tertiary/aromatic N) is 1. The van der Waals surface area contributed by atoms with Crippen molar-refractivity contribution in [2.45, 2.75) is 109 Å². The molecule has 0 unspecified atom stereocenters. The molecule has 80 heavy (non-hydrogen) atoms. The molecular weight excluding hydrogens is 1050 g/mol. The van der Waals surface area contributed by atoms with Crippen LogP contribution in [0.5, 0.6) is 5.75 Å². The molecule has 426 valence electrons. The molecule has 0 spiro atoms. The molecule has 5 rings (SSSR count). The number of fused-ring (bicyclic) bond motifs is 2. The van der Waals surface area contributed by atoms with Crippen LogP contribution in [0.3, 0.4) is 0 Å². The summed E-state index contributed by atoms with van der Waals surface area (Å²) >= 11 is 0. The van der Waals surface area contributed by atoms with Crippen molar-refractivity contribution in [3.8, 4) is 28.2 Å². The van der Waals surface area contributed by atoms with E-state index in [2.05, 4.69) is 52.5 Å². The number of aromatic hydroxyl groups is 1. The van der Waals surface area contributed by atoms with E-state index in [1.165, 1.54) is 94.8 Å². The number of H-pyrrole nitrogens is 1. The van der Waals surface area contributed by atoms with Crippen LogP contribution in [0.1, 0.15) is 86.2 Å². The van der Waals surface area contributed by atoms with Gasteiger partial charge in [0.1, 0.15) is 59.4 Å². The third kappa shape index (κ3) is 16.9. The topological polar surface area (TPSA) is 450 Å². The lowest BCUT2D eigenvalue weighted by Crippen LogP contribution is -2.59. The summed E-state index contributed by atoms with van der Waals surface area (Å²) in [6, 6.07) is 2.47. The molecule has 0 saturated carbocycles. The van der Waals surface area contributed by atoms with Gasteiger partial charge in [0, 0.05) is 72.4 Å². The van der Waals surface area contributed by atoms with Gasteiger partial charge < -0.3 is 78.1 Å². The summed E-state index contributed by atoms with van der Waals surface area (Å²) in [5.41, 5.74) is 6.12. The van der Waals surface area contributed by atoms with E-state index in [0.29, 0.717) is 28.6 Å².